The molecule has 0 aliphatic carbocycles. The van der Waals surface area contributed by atoms with Crippen LogP contribution in [0.4, 0.5) is 4.79 Å². The summed E-state index contributed by atoms with van der Waals surface area (Å²) >= 11 is 1.48. The lowest BCUT2D eigenvalue weighted by molar-refractivity contribution is 0.134. The van der Waals surface area contributed by atoms with Crippen LogP contribution in [0.1, 0.15) is 36.6 Å². The molecule has 11 heteroatoms. The van der Waals surface area contributed by atoms with Crippen molar-refractivity contribution in [3.63, 3.8) is 0 Å². The second-order valence-corrected chi connectivity index (χ2v) is 9.74. The van der Waals surface area contributed by atoms with Gasteiger partial charge >= 0.3 is 6.09 Å². The van der Waals surface area contributed by atoms with E-state index in [1.807, 2.05) is 60.0 Å². The lowest BCUT2D eigenvalue weighted by Crippen LogP contribution is -2.32. The fourth-order valence-electron chi connectivity index (χ4n) is 3.20. The molecule has 1 heterocycles. The number of hydrogen-bond donors (Lipinski definition) is 3. The van der Waals surface area contributed by atoms with Crippen molar-refractivity contribution in [1.29, 1.82) is 0 Å². The van der Waals surface area contributed by atoms with Crippen LogP contribution < -0.4 is 19.9 Å². The molecule has 0 saturated heterocycles. The number of nitrogens with two attached hydrogens (primary N) is 1. The molecule has 0 aliphatic heterocycles. The van der Waals surface area contributed by atoms with Gasteiger partial charge in [0.1, 0.15) is 17.4 Å². The zero-order valence-electron chi connectivity index (χ0n) is 18.8. The summed E-state index contributed by atoms with van der Waals surface area (Å²) in [6.07, 6.45) is 1.21. The molecule has 9 nitrogen and oxygen atoms in total. The molecule has 3 aromatic rings. The molecule has 0 unspecified atom stereocenters. The number of aromatic nitrogens is 1. The van der Waals surface area contributed by atoms with Crippen LogP contribution in [0.25, 0.3) is 10.6 Å². The number of nitrogens with zero attached hydrogens (tertiary/aromatic N) is 1. The number of alkyl carbamates (subject to hydrolysis) is 1. The van der Waals surface area contributed by atoms with Gasteiger partial charge in [0.25, 0.3) is 10.2 Å². The number of rotatable bonds is 12. The number of carbonyl (C=O) groups is 1. The van der Waals surface area contributed by atoms with E-state index in [4.69, 9.17) is 19.6 Å². The molecule has 0 spiro atoms. The summed E-state index contributed by atoms with van der Waals surface area (Å²) < 4.78 is 34.9. The first-order valence-electron chi connectivity index (χ1n) is 10.7. The van der Waals surface area contributed by atoms with Crippen molar-refractivity contribution in [3.8, 4) is 16.3 Å². The van der Waals surface area contributed by atoms with E-state index in [0.717, 1.165) is 21.9 Å². The SMILES string of the molecule is COc1ccc(-c2nc([C@H](CCCCNS(N)(=O)=O)NC(=O)OCc3ccccc3)cs2)cc1. The van der Waals surface area contributed by atoms with Crippen LogP contribution in [0, 0.1) is 0 Å². The van der Waals surface area contributed by atoms with E-state index in [-0.39, 0.29) is 19.2 Å². The van der Waals surface area contributed by atoms with Crippen LogP contribution in [0.2, 0.25) is 0 Å². The quantitative estimate of drug-likeness (QED) is 0.322. The molecule has 1 amide bonds. The van der Waals surface area contributed by atoms with Crippen molar-refractivity contribution < 1.29 is 22.7 Å². The second kappa shape index (κ2) is 12.5. The highest BCUT2D eigenvalue weighted by atomic mass is 32.2. The molecule has 34 heavy (non-hydrogen) atoms. The molecule has 4 N–H and O–H groups in total. The van der Waals surface area contributed by atoms with Crippen LogP contribution in [0.3, 0.4) is 0 Å². The van der Waals surface area contributed by atoms with E-state index in [2.05, 4.69) is 10.0 Å². The molecule has 3 rings (SSSR count). The Morgan fingerprint density at radius 2 is 1.85 bits per heavy atom. The third-order valence-corrected chi connectivity index (χ3v) is 6.46. The zero-order chi connectivity index (χ0) is 24.4. The molecule has 182 valence electrons. The molecule has 0 saturated carbocycles. The molecule has 0 aliphatic rings. The van der Waals surface area contributed by atoms with Gasteiger partial charge in [-0.05, 0) is 49.1 Å². The van der Waals surface area contributed by atoms with Crippen LogP contribution in [-0.4, -0.2) is 33.1 Å². The number of ether oxygens (including phenoxy) is 2. The number of unbranched alkanes of at least 4 members (excludes halogenated alkanes) is 1. The van der Waals surface area contributed by atoms with Crippen molar-refractivity contribution in [2.45, 2.75) is 31.9 Å². The van der Waals surface area contributed by atoms with Gasteiger partial charge in [0.2, 0.25) is 0 Å². The molecule has 2 aromatic carbocycles. The van der Waals surface area contributed by atoms with Crippen molar-refractivity contribution >= 4 is 27.6 Å². The first kappa shape index (κ1) is 25.6. The predicted octanol–water partition coefficient (Wildman–Crippen LogP) is 3.75. The van der Waals surface area contributed by atoms with Crippen LogP contribution in [0.5, 0.6) is 5.75 Å². The Kier molecular flexibility index (Phi) is 9.40. The predicted molar refractivity (Wildman–Crippen MR) is 132 cm³/mol. The average molecular weight is 505 g/mol. The van der Waals surface area contributed by atoms with E-state index in [1.54, 1.807) is 7.11 Å². The maximum absolute atomic E-state index is 12.5. The van der Waals surface area contributed by atoms with Crippen LogP contribution in [-0.2, 0) is 21.6 Å². The Bertz CT molecular complexity index is 1150. The van der Waals surface area contributed by atoms with Gasteiger partial charge in [-0.2, -0.15) is 8.42 Å². The molecule has 0 fully saturated rings. The number of thiazole rings is 1. The Balaban J connectivity index is 1.65. The van der Waals surface area contributed by atoms with E-state index < -0.39 is 16.3 Å². The summed E-state index contributed by atoms with van der Waals surface area (Å²) in [4.78, 5) is 17.2. The van der Waals surface area contributed by atoms with Gasteiger partial charge in [-0.25, -0.2) is 19.6 Å². The molecule has 0 bridgehead atoms. The largest absolute Gasteiger partial charge is 0.497 e. The normalized spacial score (nSPS) is 12.2. The number of methoxy groups -OCH3 is 1. The third kappa shape index (κ3) is 8.41. The summed E-state index contributed by atoms with van der Waals surface area (Å²) in [6.45, 7) is 0.379. The highest BCUT2D eigenvalue weighted by Gasteiger charge is 2.19. The highest BCUT2D eigenvalue weighted by Crippen LogP contribution is 2.29. The van der Waals surface area contributed by atoms with Crippen LogP contribution >= 0.6 is 11.3 Å². The summed E-state index contributed by atoms with van der Waals surface area (Å²) in [5.74, 6) is 0.759. The van der Waals surface area contributed by atoms with Gasteiger partial charge in [-0.1, -0.05) is 30.3 Å². The summed E-state index contributed by atoms with van der Waals surface area (Å²) in [5.41, 5.74) is 2.55. The van der Waals surface area contributed by atoms with E-state index in [1.165, 1.54) is 11.3 Å². The Morgan fingerprint density at radius 1 is 1.12 bits per heavy atom. The smallest absolute Gasteiger partial charge is 0.408 e. The van der Waals surface area contributed by atoms with Crippen molar-refractivity contribution in [3.05, 3.63) is 71.2 Å². The minimum Gasteiger partial charge on any atom is -0.497 e. The van der Waals surface area contributed by atoms with Crippen LogP contribution in [0.15, 0.2) is 60.0 Å². The van der Waals surface area contributed by atoms with E-state index >= 15 is 0 Å². The third-order valence-electron chi connectivity index (χ3n) is 4.94. The minimum atomic E-state index is -3.72. The maximum atomic E-state index is 12.5. The molecule has 1 aromatic heterocycles. The topological polar surface area (TPSA) is 133 Å². The minimum absolute atomic E-state index is 0.159. The van der Waals surface area contributed by atoms with Gasteiger partial charge in [-0.3, -0.25) is 0 Å². The second-order valence-electron chi connectivity index (χ2n) is 7.50. The van der Waals surface area contributed by atoms with Crippen molar-refractivity contribution in [2.75, 3.05) is 13.7 Å². The highest BCUT2D eigenvalue weighted by molar-refractivity contribution is 7.87. The summed E-state index contributed by atoms with van der Waals surface area (Å²) in [6, 6.07) is 16.6. The van der Waals surface area contributed by atoms with E-state index in [0.29, 0.717) is 25.0 Å². The number of benzene rings is 2. The van der Waals surface area contributed by atoms with Gasteiger partial charge in [0.15, 0.2) is 0 Å². The number of amides is 1. The zero-order valence-corrected chi connectivity index (χ0v) is 20.4. The van der Waals surface area contributed by atoms with Gasteiger partial charge in [-0.15, -0.1) is 11.3 Å². The standard InChI is InChI=1S/C23H28N4O5S2/c1-31-19-12-10-18(11-13-19)22-26-21(16-33-22)20(9-5-6-14-25-34(24,29)30)27-23(28)32-15-17-7-3-2-4-8-17/h2-4,7-8,10-13,16,20,25H,5-6,9,14-15H2,1H3,(H,27,28)(H2,24,29,30)/t20-/m0/s1. The first-order valence-corrected chi connectivity index (χ1v) is 13.1. The Labute approximate surface area is 203 Å². The first-order chi connectivity index (χ1) is 16.3. The fourth-order valence-corrected chi connectivity index (χ4v) is 4.51. The fraction of sp³-hybridized carbons (Fsp3) is 0.304. The Hall–Kier alpha value is -2.99. The molecule has 1 atom stereocenters. The molecular weight excluding hydrogens is 476 g/mol. The maximum Gasteiger partial charge on any atom is 0.408 e. The number of nitrogens with one attached hydrogen (secondary N) is 2. The summed E-state index contributed by atoms with van der Waals surface area (Å²) in [7, 11) is -2.11. The molecular formula is C23H28N4O5S2. The van der Waals surface area contributed by atoms with Gasteiger partial charge in [0, 0.05) is 17.5 Å². The molecule has 0 radical (unpaired) electrons. The lowest BCUT2D eigenvalue weighted by Gasteiger charge is -2.17. The van der Waals surface area contributed by atoms with E-state index in [9.17, 15) is 13.2 Å². The van der Waals surface area contributed by atoms with Crippen molar-refractivity contribution in [2.24, 2.45) is 5.14 Å². The van der Waals surface area contributed by atoms with Gasteiger partial charge in [0.05, 0.1) is 18.8 Å². The summed E-state index contributed by atoms with van der Waals surface area (Å²) in [5, 5.41) is 10.6. The number of carbonyl (C=O) groups excluding carboxylic acids is 1. The average Bonchev–Trinajstić information content (AvgIpc) is 3.32. The Morgan fingerprint density at radius 3 is 2.53 bits per heavy atom. The van der Waals surface area contributed by atoms with Gasteiger partial charge < -0.3 is 14.8 Å². The lowest BCUT2D eigenvalue weighted by atomic mass is 10.1. The monoisotopic (exact) mass is 504 g/mol. The number of hydrogen-bond acceptors (Lipinski definition) is 7. The van der Waals surface area contributed by atoms with Crippen molar-refractivity contribution in [1.82, 2.24) is 15.0 Å².